The lowest BCUT2D eigenvalue weighted by atomic mass is 9.82. The number of carbonyl (C=O) groups excluding carboxylic acids is 5. The fraction of sp³-hybridized carbons (Fsp3) is 0.776. The second-order valence-corrected chi connectivity index (χ2v) is 18.8. The number of fused-ring (bicyclic) bond motifs is 3. The standard InChI is InChI=1S/C49H77NO13/c1-10-12-22-60-43(53)29-61-37-19-17-35(18-20-37)26-32(5)44-34(7)39(51)28-40(52)36(15-11-2)24-30(3)23-31(4)25-41(58-8)45-42(59-9)27-33(6)49(57,63-45)46(54)47(55)50-21-14-13-16-38(50)48(56)62-44/h11,24,26,31,33-39,41-42,44-45,51,57H,2,10,12-23,25,27-29H2,1,3-9H3/b30-24+,32-26+/t31-,33+,34+,35?,36+,37?,38-,39-,41-,42-,44+,45+,49+/m0/s1. The minimum absolute atomic E-state index is 0.00535. The van der Waals surface area contributed by atoms with Gasteiger partial charge in [-0.1, -0.05) is 57.9 Å². The summed E-state index contributed by atoms with van der Waals surface area (Å²) in [4.78, 5) is 70.3. The Morgan fingerprint density at radius 2 is 1.68 bits per heavy atom. The SMILES string of the molecule is C=CC[C@@H]1/C=C(\C)C[C@H](C)C[C@H](OC)[C@H]2O[C@@](O)(C(=O)C(=O)N3CCCC[C@H]3C(=O)O[C@H](/C(C)=C/C3CCC(OCC(=O)OCCCC)CC3)[C@H](C)[C@@H](O)CC1=O)[C@H](C)C[C@@H]2OC. The molecule has 0 aromatic rings. The molecule has 63 heavy (non-hydrogen) atoms. The van der Waals surface area contributed by atoms with Gasteiger partial charge in [0.15, 0.2) is 0 Å². The molecule has 1 saturated carbocycles. The Kier molecular flexibility index (Phi) is 20.7. The highest BCUT2D eigenvalue weighted by molar-refractivity contribution is 6.39. The Labute approximate surface area is 375 Å². The van der Waals surface area contributed by atoms with E-state index in [4.69, 9.17) is 28.4 Å². The molecule has 2 bridgehead atoms. The van der Waals surface area contributed by atoms with Crippen molar-refractivity contribution in [2.45, 2.75) is 180 Å². The van der Waals surface area contributed by atoms with Crippen LogP contribution in [0.25, 0.3) is 0 Å². The summed E-state index contributed by atoms with van der Waals surface area (Å²) in [5.74, 6) is -8.03. The lowest BCUT2D eigenvalue weighted by Gasteiger charge is -2.47. The number of methoxy groups -OCH3 is 2. The van der Waals surface area contributed by atoms with E-state index in [1.165, 1.54) is 19.1 Å². The van der Waals surface area contributed by atoms with Gasteiger partial charge in [0.2, 0.25) is 5.79 Å². The van der Waals surface area contributed by atoms with E-state index < -0.39 is 77.8 Å². The van der Waals surface area contributed by atoms with Gasteiger partial charge in [-0.05, 0) is 108 Å². The van der Waals surface area contributed by atoms with Crippen LogP contribution in [0, 0.1) is 29.6 Å². The van der Waals surface area contributed by atoms with Crippen LogP contribution >= 0.6 is 0 Å². The van der Waals surface area contributed by atoms with Crippen LogP contribution in [-0.2, 0) is 52.4 Å². The van der Waals surface area contributed by atoms with Crippen molar-refractivity contribution in [1.29, 1.82) is 0 Å². The lowest BCUT2D eigenvalue weighted by molar-refractivity contribution is -0.302. The van der Waals surface area contributed by atoms with Crippen LogP contribution in [0.3, 0.4) is 0 Å². The summed E-state index contributed by atoms with van der Waals surface area (Å²) in [5, 5.41) is 23.9. The molecule has 1 amide bonds. The number of piperidine rings is 1. The molecule has 3 fully saturated rings. The van der Waals surface area contributed by atoms with E-state index >= 15 is 0 Å². The number of hydrogen-bond acceptors (Lipinski definition) is 13. The molecule has 11 atom stereocenters. The largest absolute Gasteiger partial charge is 0.464 e. The van der Waals surface area contributed by atoms with Gasteiger partial charge >= 0.3 is 11.9 Å². The van der Waals surface area contributed by atoms with Crippen LogP contribution in [0.4, 0.5) is 0 Å². The Bertz CT molecular complexity index is 1620. The van der Waals surface area contributed by atoms with E-state index in [-0.39, 0.29) is 62.1 Å². The van der Waals surface area contributed by atoms with Crippen LogP contribution in [0.15, 0.2) is 36.0 Å². The zero-order valence-corrected chi connectivity index (χ0v) is 39.2. The zero-order chi connectivity index (χ0) is 46.4. The highest BCUT2D eigenvalue weighted by Crippen LogP contribution is 2.39. The number of ketones is 2. The second-order valence-electron chi connectivity index (χ2n) is 18.8. The van der Waals surface area contributed by atoms with Crippen molar-refractivity contribution in [2.75, 3.05) is 34.0 Å². The van der Waals surface area contributed by atoms with Crippen molar-refractivity contribution in [3.05, 3.63) is 36.0 Å². The van der Waals surface area contributed by atoms with Gasteiger partial charge in [0.05, 0.1) is 31.0 Å². The summed E-state index contributed by atoms with van der Waals surface area (Å²) >= 11 is 0. The Balaban J connectivity index is 1.67. The maximum absolute atomic E-state index is 14.4. The average Bonchev–Trinajstić information content (AvgIpc) is 3.26. The molecule has 0 aromatic carbocycles. The van der Waals surface area contributed by atoms with Gasteiger partial charge < -0.3 is 43.5 Å². The number of esters is 2. The molecule has 2 saturated heterocycles. The number of amides is 1. The monoisotopic (exact) mass is 888 g/mol. The van der Waals surface area contributed by atoms with Gasteiger partial charge in [0.1, 0.15) is 30.6 Å². The van der Waals surface area contributed by atoms with Crippen molar-refractivity contribution in [3.8, 4) is 0 Å². The molecular weight excluding hydrogens is 811 g/mol. The van der Waals surface area contributed by atoms with Crippen molar-refractivity contribution in [1.82, 2.24) is 4.90 Å². The maximum Gasteiger partial charge on any atom is 0.332 e. The fourth-order valence-corrected chi connectivity index (χ4v) is 9.86. The van der Waals surface area contributed by atoms with E-state index in [0.29, 0.717) is 57.1 Å². The summed E-state index contributed by atoms with van der Waals surface area (Å²) in [6.07, 6.45) is 8.77. The maximum atomic E-state index is 14.4. The van der Waals surface area contributed by atoms with Crippen molar-refractivity contribution in [2.24, 2.45) is 29.6 Å². The Hall–Kier alpha value is -3.27. The van der Waals surface area contributed by atoms with Crippen molar-refractivity contribution in [3.63, 3.8) is 0 Å². The number of cyclic esters (lactones) is 1. The van der Waals surface area contributed by atoms with Crippen LogP contribution < -0.4 is 0 Å². The van der Waals surface area contributed by atoms with Gasteiger partial charge in [0.25, 0.3) is 11.7 Å². The summed E-state index contributed by atoms with van der Waals surface area (Å²) in [5.41, 5.74) is 1.64. The fourth-order valence-electron chi connectivity index (χ4n) is 9.86. The third-order valence-corrected chi connectivity index (χ3v) is 13.7. The molecule has 3 aliphatic heterocycles. The second kappa shape index (κ2) is 24.9. The summed E-state index contributed by atoms with van der Waals surface area (Å²) in [6, 6.07) is -1.14. The molecule has 2 N–H and O–H groups in total. The molecule has 3 heterocycles. The highest BCUT2D eigenvalue weighted by atomic mass is 16.7. The summed E-state index contributed by atoms with van der Waals surface area (Å²) in [6.45, 7) is 15.5. The first kappa shape index (κ1) is 52.4. The number of hydrogen-bond donors (Lipinski definition) is 2. The lowest BCUT2D eigenvalue weighted by Crippen LogP contribution is -2.64. The molecule has 14 heteroatoms. The number of aliphatic hydroxyl groups excluding tert-OH is 1. The number of Topliss-reactive ketones (excluding diaryl/α,β-unsaturated/α-hetero) is 2. The van der Waals surface area contributed by atoms with E-state index in [0.717, 1.165) is 31.3 Å². The number of unbranched alkanes of at least 4 members (excludes halogenated alkanes) is 1. The molecule has 0 unspecified atom stereocenters. The number of rotatable bonds is 12. The summed E-state index contributed by atoms with van der Waals surface area (Å²) < 4.78 is 35.4. The first-order valence-corrected chi connectivity index (χ1v) is 23.4. The topological polar surface area (TPSA) is 184 Å². The molecule has 0 spiro atoms. The first-order valence-electron chi connectivity index (χ1n) is 23.4. The molecule has 14 nitrogen and oxygen atoms in total. The molecule has 4 aliphatic rings. The average molecular weight is 888 g/mol. The molecule has 0 aromatic heterocycles. The smallest absolute Gasteiger partial charge is 0.332 e. The predicted octanol–water partition coefficient (Wildman–Crippen LogP) is 6.38. The number of ether oxygens (including phenoxy) is 6. The number of carbonyl (C=O) groups is 5. The molecular formula is C49H77NO13. The third-order valence-electron chi connectivity index (χ3n) is 13.7. The molecule has 356 valence electrons. The van der Waals surface area contributed by atoms with Crippen molar-refractivity contribution >= 4 is 29.4 Å². The van der Waals surface area contributed by atoms with Gasteiger partial charge in [0, 0.05) is 44.9 Å². The molecule has 0 radical (unpaired) electrons. The van der Waals surface area contributed by atoms with Gasteiger partial charge in [-0.2, -0.15) is 0 Å². The van der Waals surface area contributed by atoms with Crippen LogP contribution in [0.5, 0.6) is 0 Å². The minimum atomic E-state index is -2.52. The van der Waals surface area contributed by atoms with Gasteiger partial charge in [-0.3, -0.25) is 14.4 Å². The van der Waals surface area contributed by atoms with Crippen LogP contribution in [-0.4, -0.2) is 127 Å². The molecule has 4 rings (SSSR count). The quantitative estimate of drug-likeness (QED) is 0.0954. The zero-order valence-electron chi connectivity index (χ0n) is 39.2. The van der Waals surface area contributed by atoms with Gasteiger partial charge in [-0.25, -0.2) is 9.59 Å². The normalized spacial score (nSPS) is 36.9. The molecule has 1 aliphatic carbocycles. The number of nitrogens with zero attached hydrogens (tertiary/aromatic N) is 1. The van der Waals surface area contributed by atoms with Crippen LogP contribution in [0.2, 0.25) is 0 Å². The number of allylic oxidation sites excluding steroid dienone is 4. The number of aliphatic hydroxyl groups is 2. The summed E-state index contributed by atoms with van der Waals surface area (Å²) in [7, 11) is 3.06. The van der Waals surface area contributed by atoms with Crippen molar-refractivity contribution < 1.29 is 62.6 Å². The van der Waals surface area contributed by atoms with E-state index in [1.807, 2.05) is 33.8 Å². The van der Waals surface area contributed by atoms with E-state index in [1.54, 1.807) is 19.9 Å². The Morgan fingerprint density at radius 3 is 2.33 bits per heavy atom. The van der Waals surface area contributed by atoms with Crippen LogP contribution in [0.1, 0.15) is 131 Å². The predicted molar refractivity (Wildman–Crippen MR) is 236 cm³/mol. The van der Waals surface area contributed by atoms with Gasteiger partial charge in [-0.15, -0.1) is 6.58 Å². The first-order chi connectivity index (χ1) is 30.0. The third kappa shape index (κ3) is 14.1. The van der Waals surface area contributed by atoms with E-state index in [9.17, 15) is 34.2 Å². The highest BCUT2D eigenvalue weighted by Gasteiger charge is 2.56. The minimum Gasteiger partial charge on any atom is -0.464 e. The van der Waals surface area contributed by atoms with E-state index in [2.05, 4.69) is 12.7 Å². The Morgan fingerprint density at radius 1 is 1.00 bits per heavy atom.